The van der Waals surface area contributed by atoms with Crippen LogP contribution in [-0.4, -0.2) is 31.3 Å². The smallest absolute Gasteiger partial charge is 0.372 e. The van der Waals surface area contributed by atoms with Crippen molar-refractivity contribution in [2.24, 2.45) is 5.84 Å². The third-order valence-corrected chi connectivity index (χ3v) is 5.79. The highest BCUT2D eigenvalue weighted by atomic mass is 32.2. The van der Waals surface area contributed by atoms with Crippen LogP contribution in [0.2, 0.25) is 0 Å². The number of hydrogen-bond acceptors (Lipinski definition) is 6. The van der Waals surface area contributed by atoms with Crippen molar-refractivity contribution in [3.8, 4) is 0 Å². The number of benzene rings is 1. The largest absolute Gasteiger partial charge is 0.461 e. The van der Waals surface area contributed by atoms with E-state index in [2.05, 4.69) is 0 Å². The predicted octanol–water partition coefficient (Wildman–Crippen LogP) is 0.944. The van der Waals surface area contributed by atoms with Crippen LogP contribution in [0, 0.1) is 0 Å². The number of aromatic nitrogens is 1. The van der Waals surface area contributed by atoms with E-state index in [0.29, 0.717) is 5.56 Å². The lowest BCUT2D eigenvalue weighted by atomic mass is 10.2. The molecule has 0 saturated carbocycles. The van der Waals surface area contributed by atoms with E-state index in [9.17, 15) is 18.0 Å². The van der Waals surface area contributed by atoms with Crippen LogP contribution in [0.25, 0.3) is 0 Å². The van der Waals surface area contributed by atoms with E-state index < -0.39 is 27.1 Å². The molecule has 0 aliphatic carbocycles. The van der Waals surface area contributed by atoms with Gasteiger partial charge in [0.1, 0.15) is 10.8 Å². The lowest BCUT2D eigenvalue weighted by Gasteiger charge is -2.21. The fourth-order valence-electron chi connectivity index (χ4n) is 2.41. The van der Waals surface area contributed by atoms with Gasteiger partial charge in [0.2, 0.25) is 6.54 Å². The first-order valence-corrected chi connectivity index (χ1v) is 9.80. The number of nitrogens with two attached hydrogens (primary N) is 1. The molecule has 1 atom stereocenters. The van der Waals surface area contributed by atoms with Crippen molar-refractivity contribution in [2.45, 2.75) is 25.6 Å². The van der Waals surface area contributed by atoms with Gasteiger partial charge in [0.15, 0.2) is 12.4 Å². The van der Waals surface area contributed by atoms with Gasteiger partial charge in [-0.3, -0.25) is 4.79 Å². The monoisotopic (exact) mass is 392 g/mol. The van der Waals surface area contributed by atoms with E-state index in [1.54, 1.807) is 43.5 Å². The third kappa shape index (κ3) is 4.89. The minimum atomic E-state index is -4.12. The van der Waals surface area contributed by atoms with E-state index in [-0.39, 0.29) is 23.1 Å². The molecule has 2 aromatic rings. The van der Waals surface area contributed by atoms with Gasteiger partial charge in [-0.05, 0) is 25.5 Å². The molecule has 0 bridgehead atoms. The highest BCUT2D eigenvalue weighted by Gasteiger charge is 2.33. The Labute approximate surface area is 158 Å². The average Bonchev–Trinajstić information content (AvgIpc) is 2.67. The second-order valence-corrected chi connectivity index (χ2v) is 7.90. The van der Waals surface area contributed by atoms with Crippen molar-refractivity contribution in [1.29, 1.82) is 0 Å². The van der Waals surface area contributed by atoms with Crippen molar-refractivity contribution in [3.05, 3.63) is 66.0 Å². The Kier molecular flexibility index (Phi) is 6.65. The highest BCUT2D eigenvalue weighted by Crippen LogP contribution is 2.24. The number of nitrogens with zero attached hydrogens (tertiary/aromatic N) is 2. The van der Waals surface area contributed by atoms with Gasteiger partial charge in [0.25, 0.3) is 15.9 Å². The first kappa shape index (κ1) is 20.5. The molecule has 0 spiro atoms. The molecule has 0 fully saturated rings. The molecule has 0 aliphatic heterocycles. The van der Waals surface area contributed by atoms with Gasteiger partial charge in [0, 0.05) is 6.07 Å². The molecule has 9 heteroatoms. The maximum Gasteiger partial charge on any atom is 0.372 e. The Bertz CT molecular complexity index is 916. The fraction of sp³-hybridized carbons (Fsp3) is 0.278. The summed E-state index contributed by atoms with van der Waals surface area (Å²) in [7, 11) is -4.12. The minimum Gasteiger partial charge on any atom is -0.461 e. The minimum absolute atomic E-state index is 0.0353. The first-order chi connectivity index (χ1) is 12.8. The molecule has 1 aromatic carbocycles. The Morgan fingerprint density at radius 2 is 1.85 bits per heavy atom. The number of hydrazine groups is 1. The third-order valence-electron chi connectivity index (χ3n) is 3.91. The molecule has 1 amide bonds. The van der Waals surface area contributed by atoms with Crippen LogP contribution in [0.3, 0.4) is 0 Å². The molecule has 2 rings (SSSR count). The molecule has 8 nitrogen and oxygen atoms in total. The molecule has 1 heterocycles. The average molecular weight is 392 g/mol. The summed E-state index contributed by atoms with van der Waals surface area (Å²) in [6.45, 7) is 3.29. The molecular formula is C18H22N3O5S+. The number of carbonyl (C=O) groups excluding carboxylic acids is 2. The predicted molar refractivity (Wildman–Crippen MR) is 97.4 cm³/mol. The Hall–Kier alpha value is -2.78. The molecule has 0 saturated heterocycles. The van der Waals surface area contributed by atoms with Crippen LogP contribution in [0.1, 0.15) is 35.0 Å². The van der Waals surface area contributed by atoms with Gasteiger partial charge in [-0.25, -0.2) is 19.1 Å². The normalized spacial score (nSPS) is 12.3. The zero-order chi connectivity index (χ0) is 20.0. The summed E-state index contributed by atoms with van der Waals surface area (Å²) < 4.78 is 31.9. The second kappa shape index (κ2) is 8.74. The summed E-state index contributed by atoms with van der Waals surface area (Å²) in [6.07, 6.45) is 2.91. The van der Waals surface area contributed by atoms with Gasteiger partial charge in [-0.2, -0.15) is 8.98 Å². The van der Waals surface area contributed by atoms with Gasteiger partial charge in [0.05, 0.1) is 6.61 Å². The van der Waals surface area contributed by atoms with Crippen LogP contribution in [0.4, 0.5) is 0 Å². The number of pyridine rings is 1. The Morgan fingerprint density at radius 1 is 1.19 bits per heavy atom. The summed E-state index contributed by atoms with van der Waals surface area (Å²) >= 11 is 0. The van der Waals surface area contributed by atoms with Crippen LogP contribution in [0.15, 0.2) is 54.9 Å². The van der Waals surface area contributed by atoms with Gasteiger partial charge < -0.3 is 4.74 Å². The number of carbonyl (C=O) groups is 2. The molecule has 0 aliphatic rings. The molecule has 1 unspecified atom stereocenters. The van der Waals surface area contributed by atoms with Crippen LogP contribution >= 0.6 is 0 Å². The van der Waals surface area contributed by atoms with Crippen molar-refractivity contribution in [3.63, 3.8) is 0 Å². The lowest BCUT2D eigenvalue weighted by Crippen LogP contribution is -2.46. The topological polar surface area (TPSA) is 111 Å². The number of ether oxygens (including phenoxy) is 1. The van der Waals surface area contributed by atoms with E-state index in [1.165, 1.54) is 29.8 Å². The first-order valence-electron chi connectivity index (χ1n) is 8.30. The van der Waals surface area contributed by atoms with Crippen molar-refractivity contribution in [1.82, 2.24) is 4.41 Å². The SMILES string of the molecule is CCOC(=O)C[n+]1cccc(C(=O)N(N)S(=O)(=O)C(C)c2ccccc2)c1. The summed E-state index contributed by atoms with van der Waals surface area (Å²) in [5.41, 5.74) is 0.555. The molecule has 144 valence electrons. The molecule has 0 radical (unpaired) electrons. The zero-order valence-electron chi connectivity index (χ0n) is 15.1. The molecule has 27 heavy (non-hydrogen) atoms. The summed E-state index contributed by atoms with van der Waals surface area (Å²) in [6, 6.07) is 11.4. The molecular weight excluding hydrogens is 370 g/mol. The zero-order valence-corrected chi connectivity index (χ0v) is 15.9. The van der Waals surface area contributed by atoms with Crippen molar-refractivity contribution in [2.75, 3.05) is 6.61 Å². The quantitative estimate of drug-likeness (QED) is 0.247. The highest BCUT2D eigenvalue weighted by molar-refractivity contribution is 7.89. The van der Waals surface area contributed by atoms with Gasteiger partial charge in [-0.15, -0.1) is 0 Å². The van der Waals surface area contributed by atoms with Gasteiger partial charge in [-0.1, -0.05) is 30.3 Å². The van der Waals surface area contributed by atoms with Crippen LogP contribution in [0.5, 0.6) is 0 Å². The molecule has 1 aromatic heterocycles. The molecule has 2 N–H and O–H groups in total. The fourth-order valence-corrected chi connectivity index (χ4v) is 3.59. The number of sulfonamides is 1. The lowest BCUT2D eigenvalue weighted by molar-refractivity contribution is -0.686. The van der Waals surface area contributed by atoms with Crippen molar-refractivity contribution < 1.29 is 27.3 Å². The van der Waals surface area contributed by atoms with Crippen LogP contribution in [-0.2, 0) is 26.1 Å². The summed E-state index contributed by atoms with van der Waals surface area (Å²) in [4.78, 5) is 24.2. The van der Waals surface area contributed by atoms with Crippen LogP contribution < -0.4 is 10.4 Å². The number of hydrogen-bond donors (Lipinski definition) is 1. The second-order valence-electron chi connectivity index (χ2n) is 5.77. The van der Waals surface area contributed by atoms with E-state index in [0.717, 1.165) is 0 Å². The number of esters is 1. The number of rotatable bonds is 7. The summed E-state index contributed by atoms with van der Waals surface area (Å²) in [5, 5.41) is -0.997. The van der Waals surface area contributed by atoms with Gasteiger partial charge >= 0.3 is 5.97 Å². The Balaban J connectivity index is 2.22. The van der Waals surface area contributed by atoms with Crippen molar-refractivity contribution >= 4 is 21.9 Å². The van der Waals surface area contributed by atoms with E-state index in [1.807, 2.05) is 0 Å². The van der Waals surface area contributed by atoms with E-state index in [4.69, 9.17) is 10.6 Å². The van der Waals surface area contributed by atoms with E-state index >= 15 is 0 Å². The summed E-state index contributed by atoms with van der Waals surface area (Å²) in [5.74, 6) is 4.30. The maximum absolute atomic E-state index is 12.7. The maximum atomic E-state index is 12.7. The number of amides is 1. The Morgan fingerprint density at radius 3 is 2.48 bits per heavy atom. The standard InChI is InChI=1S/C18H22N3O5S/c1-3-26-17(22)13-20-11-7-10-16(12-20)18(23)21(19)27(24,25)14(2)15-8-5-4-6-9-15/h4-12,14H,3,13,19H2,1-2H3/q+1.